The average Bonchev–Trinajstić information content (AvgIpc) is 2.95. The highest BCUT2D eigenvalue weighted by atomic mass is 16.6. The van der Waals surface area contributed by atoms with Crippen molar-refractivity contribution in [3.05, 3.63) is 29.8 Å². The normalized spacial score (nSPS) is 21.6. The van der Waals surface area contributed by atoms with Crippen molar-refractivity contribution in [3.8, 4) is 23.7 Å². The van der Waals surface area contributed by atoms with E-state index in [-0.39, 0.29) is 18.7 Å². The molecule has 0 saturated carbocycles. The van der Waals surface area contributed by atoms with Gasteiger partial charge in [0.15, 0.2) is 6.61 Å². The number of piperazine rings is 1. The number of nitriles is 1. The summed E-state index contributed by atoms with van der Waals surface area (Å²) in [5, 5.41) is 8.83. The molecule has 1 amide bonds. The van der Waals surface area contributed by atoms with Crippen LogP contribution in [0.4, 0.5) is 4.79 Å². The number of fused-ring (bicyclic) bond motifs is 2. The summed E-state index contributed by atoms with van der Waals surface area (Å²) in [5.74, 6) is 6.23. The third-order valence-electron chi connectivity index (χ3n) is 5.52. The molecule has 0 aliphatic carbocycles. The maximum absolute atomic E-state index is 12.2. The Kier molecular flexibility index (Phi) is 7.35. The number of rotatable bonds is 7. The number of benzene rings is 1. The van der Waals surface area contributed by atoms with E-state index in [2.05, 4.69) is 22.8 Å². The third-order valence-corrected chi connectivity index (χ3v) is 5.52. The first kappa shape index (κ1) is 21.0. The van der Waals surface area contributed by atoms with Gasteiger partial charge in [0.2, 0.25) is 0 Å². The highest BCUT2D eigenvalue weighted by Gasteiger charge is 2.42. The highest BCUT2D eigenvalue weighted by Crippen LogP contribution is 2.30. The molecule has 1 aromatic rings. The van der Waals surface area contributed by atoms with Gasteiger partial charge in [0.25, 0.3) is 0 Å². The smallest absolute Gasteiger partial charge is 0.410 e. The lowest BCUT2D eigenvalue weighted by molar-refractivity contribution is 0.0468. The zero-order valence-electron chi connectivity index (χ0n) is 16.8. The number of carbonyl (C=O) groups is 1. The van der Waals surface area contributed by atoms with Gasteiger partial charge in [-0.25, -0.2) is 4.79 Å². The molecule has 2 fully saturated rings. The predicted molar refractivity (Wildman–Crippen MR) is 109 cm³/mol. The first-order valence-electron chi connectivity index (χ1n) is 10.1. The minimum absolute atomic E-state index is 0.00909. The van der Waals surface area contributed by atoms with Crippen LogP contribution in [0.5, 0.6) is 5.75 Å². The molecule has 154 valence electrons. The van der Waals surface area contributed by atoms with Gasteiger partial charge in [-0.05, 0) is 50.5 Å². The van der Waals surface area contributed by atoms with E-state index in [1.165, 1.54) is 0 Å². The third kappa shape index (κ3) is 5.63. The van der Waals surface area contributed by atoms with Gasteiger partial charge in [-0.2, -0.15) is 5.26 Å². The van der Waals surface area contributed by atoms with E-state index in [0.29, 0.717) is 37.3 Å². The van der Waals surface area contributed by atoms with Gasteiger partial charge in [-0.15, -0.1) is 5.92 Å². The largest absolute Gasteiger partial charge is 0.494 e. The zero-order chi connectivity index (χ0) is 20.6. The van der Waals surface area contributed by atoms with Crippen molar-refractivity contribution in [2.75, 3.05) is 32.8 Å². The van der Waals surface area contributed by atoms with Crippen LogP contribution in [0.15, 0.2) is 24.3 Å². The number of hydrogen-bond donors (Lipinski definition) is 1. The van der Waals surface area contributed by atoms with E-state index in [1.807, 2.05) is 0 Å². The molecule has 29 heavy (non-hydrogen) atoms. The van der Waals surface area contributed by atoms with Crippen LogP contribution in [0.2, 0.25) is 0 Å². The van der Waals surface area contributed by atoms with E-state index in [0.717, 1.165) is 31.6 Å². The molecule has 0 aromatic heterocycles. The van der Waals surface area contributed by atoms with Gasteiger partial charge in [-0.3, -0.25) is 4.90 Å². The number of nitrogens with two attached hydrogens (primary N) is 1. The van der Waals surface area contributed by atoms with Gasteiger partial charge < -0.3 is 20.1 Å². The second-order valence-corrected chi connectivity index (χ2v) is 7.50. The van der Waals surface area contributed by atoms with Crippen LogP contribution in [-0.2, 0) is 4.74 Å². The van der Waals surface area contributed by atoms with Crippen LogP contribution >= 0.6 is 0 Å². The standard InChI is InChI=1S/C22H28N4O3/c1-2-3-11-29-22(27)25-15-19-6-7-20(16-25)26(19)14-18(24)10-12-28-21-8-4-17(13-23)5-9-21/h4-5,8-9,18-20H,6-7,10-12,14-16,24H2,1H3. The Labute approximate surface area is 172 Å². The fraction of sp³-hybridized carbons (Fsp3) is 0.545. The van der Waals surface area contributed by atoms with Gasteiger partial charge in [0, 0.05) is 37.8 Å². The second-order valence-electron chi connectivity index (χ2n) is 7.50. The number of nitrogens with zero attached hydrogens (tertiary/aromatic N) is 3. The minimum atomic E-state index is -0.274. The molecule has 3 atom stereocenters. The second kappa shape index (κ2) is 10.2. The van der Waals surface area contributed by atoms with Crippen LogP contribution in [0.25, 0.3) is 0 Å². The predicted octanol–water partition coefficient (Wildman–Crippen LogP) is 1.96. The maximum Gasteiger partial charge on any atom is 0.410 e. The molecule has 2 bridgehead atoms. The molecule has 0 spiro atoms. The van der Waals surface area contributed by atoms with Crippen molar-refractivity contribution in [3.63, 3.8) is 0 Å². The summed E-state index contributed by atoms with van der Waals surface area (Å²) >= 11 is 0. The van der Waals surface area contributed by atoms with E-state index >= 15 is 0 Å². The maximum atomic E-state index is 12.2. The Morgan fingerprint density at radius 1 is 1.28 bits per heavy atom. The minimum Gasteiger partial charge on any atom is -0.494 e. The van der Waals surface area contributed by atoms with Crippen LogP contribution < -0.4 is 10.5 Å². The fourth-order valence-corrected chi connectivity index (χ4v) is 4.01. The van der Waals surface area contributed by atoms with E-state index in [9.17, 15) is 4.79 Å². The number of likely N-dealkylation sites (tertiary alicyclic amines) is 1. The topological polar surface area (TPSA) is 91.8 Å². The first-order valence-corrected chi connectivity index (χ1v) is 10.1. The molecule has 7 heteroatoms. The van der Waals surface area contributed by atoms with Crippen molar-refractivity contribution in [1.82, 2.24) is 9.80 Å². The van der Waals surface area contributed by atoms with Gasteiger partial charge in [0.05, 0.1) is 18.2 Å². The molecule has 7 nitrogen and oxygen atoms in total. The van der Waals surface area contributed by atoms with Crippen molar-refractivity contribution in [2.45, 2.75) is 44.3 Å². The van der Waals surface area contributed by atoms with Gasteiger partial charge >= 0.3 is 6.09 Å². The molecular formula is C22H28N4O3. The Balaban J connectivity index is 1.41. The molecule has 2 N–H and O–H groups in total. The monoisotopic (exact) mass is 396 g/mol. The highest BCUT2D eigenvalue weighted by molar-refractivity contribution is 5.68. The molecule has 2 aliphatic rings. The van der Waals surface area contributed by atoms with Gasteiger partial charge in [0.1, 0.15) is 5.75 Å². The zero-order valence-corrected chi connectivity index (χ0v) is 16.8. The first-order chi connectivity index (χ1) is 14.1. The van der Waals surface area contributed by atoms with Crippen molar-refractivity contribution in [2.24, 2.45) is 5.73 Å². The molecule has 1 aromatic carbocycles. The van der Waals surface area contributed by atoms with E-state index < -0.39 is 0 Å². The van der Waals surface area contributed by atoms with Crippen molar-refractivity contribution in [1.29, 1.82) is 5.26 Å². The van der Waals surface area contributed by atoms with E-state index in [4.69, 9.17) is 20.5 Å². The van der Waals surface area contributed by atoms with Crippen LogP contribution in [-0.4, -0.2) is 66.9 Å². The SMILES string of the molecule is CC#CCOC(=O)N1CC2CCC(C1)N2CC(N)CCOc1ccc(C#N)cc1. The van der Waals surface area contributed by atoms with Crippen LogP contribution in [0, 0.1) is 23.2 Å². The molecule has 0 radical (unpaired) electrons. The van der Waals surface area contributed by atoms with Crippen molar-refractivity contribution >= 4 is 6.09 Å². The summed E-state index contributed by atoms with van der Waals surface area (Å²) in [6, 6.07) is 9.86. The summed E-state index contributed by atoms with van der Waals surface area (Å²) in [7, 11) is 0. The Hall–Kier alpha value is -2.74. The molecule has 2 heterocycles. The summed E-state index contributed by atoms with van der Waals surface area (Å²) in [4.78, 5) is 16.4. The summed E-state index contributed by atoms with van der Waals surface area (Å²) < 4.78 is 10.9. The molecular weight excluding hydrogens is 368 g/mol. The molecule has 3 rings (SSSR count). The summed E-state index contributed by atoms with van der Waals surface area (Å²) in [6.07, 6.45) is 2.64. The average molecular weight is 396 g/mol. The molecule has 3 unspecified atom stereocenters. The Bertz CT molecular complexity index is 779. The number of hydrogen-bond acceptors (Lipinski definition) is 6. The lowest BCUT2D eigenvalue weighted by atomic mass is 10.1. The van der Waals surface area contributed by atoms with Gasteiger partial charge in [-0.1, -0.05) is 5.92 Å². The number of ether oxygens (including phenoxy) is 2. The summed E-state index contributed by atoms with van der Waals surface area (Å²) in [6.45, 7) is 4.58. The number of amides is 1. The van der Waals surface area contributed by atoms with Crippen LogP contribution in [0.1, 0.15) is 31.7 Å². The number of carbonyl (C=O) groups excluding carboxylic acids is 1. The molecule has 2 saturated heterocycles. The Morgan fingerprint density at radius 2 is 1.97 bits per heavy atom. The lowest BCUT2D eigenvalue weighted by Gasteiger charge is -2.41. The van der Waals surface area contributed by atoms with E-state index in [1.54, 1.807) is 36.1 Å². The summed E-state index contributed by atoms with van der Waals surface area (Å²) in [5.41, 5.74) is 6.97. The van der Waals surface area contributed by atoms with Crippen molar-refractivity contribution < 1.29 is 14.3 Å². The quantitative estimate of drug-likeness (QED) is 0.709. The lowest BCUT2D eigenvalue weighted by Crippen LogP contribution is -2.57. The van der Waals surface area contributed by atoms with Crippen LogP contribution in [0.3, 0.4) is 0 Å². The molecule has 2 aliphatic heterocycles. The fourth-order valence-electron chi connectivity index (χ4n) is 4.01. The Morgan fingerprint density at radius 3 is 2.59 bits per heavy atom.